The van der Waals surface area contributed by atoms with Gasteiger partial charge in [0.2, 0.25) is 0 Å². The summed E-state index contributed by atoms with van der Waals surface area (Å²) in [5.74, 6) is 0.780. The van der Waals surface area contributed by atoms with E-state index in [-0.39, 0.29) is 0 Å². The molecule has 0 aromatic heterocycles. The van der Waals surface area contributed by atoms with Crippen molar-refractivity contribution in [3.63, 3.8) is 0 Å². The molecule has 0 aliphatic carbocycles. The highest BCUT2D eigenvalue weighted by atomic mass is 32.2. The van der Waals surface area contributed by atoms with Crippen LogP contribution in [0.3, 0.4) is 0 Å². The second-order valence-electron chi connectivity index (χ2n) is 4.70. The van der Waals surface area contributed by atoms with E-state index < -0.39 is 0 Å². The molecule has 0 amide bonds. The fraction of sp³-hybridized carbons (Fsp3) is 1.00. The molecular weight excluding hydrogens is 178 g/mol. The van der Waals surface area contributed by atoms with Crippen molar-refractivity contribution in [1.82, 2.24) is 4.90 Å². The van der Waals surface area contributed by atoms with Gasteiger partial charge >= 0.3 is 0 Å². The molecule has 1 aliphatic rings. The Balaban J connectivity index is 2.49. The Morgan fingerprint density at radius 2 is 1.54 bits per heavy atom. The van der Waals surface area contributed by atoms with Crippen LogP contribution in [-0.2, 0) is 0 Å². The maximum atomic E-state index is 2.65. The first-order valence-corrected chi connectivity index (χ1v) is 6.34. The van der Waals surface area contributed by atoms with E-state index in [1.807, 2.05) is 0 Å². The molecular formula is C11H23NS. The number of thioether (sulfide) groups is 1. The largest absolute Gasteiger partial charge is 0.298 e. The van der Waals surface area contributed by atoms with Gasteiger partial charge in [-0.15, -0.1) is 0 Å². The van der Waals surface area contributed by atoms with E-state index in [1.54, 1.807) is 0 Å². The SMILES string of the molecule is CC1CN(C(C)C(C)C)CC(C)S1. The zero-order valence-corrected chi connectivity index (χ0v) is 10.4. The second kappa shape index (κ2) is 4.70. The van der Waals surface area contributed by atoms with Crippen molar-refractivity contribution in [3.8, 4) is 0 Å². The molecule has 13 heavy (non-hydrogen) atoms. The molecule has 0 radical (unpaired) electrons. The summed E-state index contributed by atoms with van der Waals surface area (Å²) in [6.45, 7) is 14.2. The summed E-state index contributed by atoms with van der Waals surface area (Å²) in [6, 6.07) is 0.741. The van der Waals surface area contributed by atoms with E-state index >= 15 is 0 Å². The first-order chi connectivity index (χ1) is 6.00. The van der Waals surface area contributed by atoms with Crippen LogP contribution in [-0.4, -0.2) is 34.5 Å². The van der Waals surface area contributed by atoms with Crippen molar-refractivity contribution in [2.45, 2.75) is 51.2 Å². The first kappa shape index (κ1) is 11.4. The minimum Gasteiger partial charge on any atom is -0.298 e. The van der Waals surface area contributed by atoms with Crippen LogP contribution in [0.5, 0.6) is 0 Å². The zero-order valence-electron chi connectivity index (χ0n) is 9.58. The van der Waals surface area contributed by atoms with Crippen molar-refractivity contribution in [3.05, 3.63) is 0 Å². The molecule has 0 aromatic rings. The number of nitrogens with zero attached hydrogens (tertiary/aromatic N) is 1. The van der Waals surface area contributed by atoms with Gasteiger partial charge in [-0.25, -0.2) is 0 Å². The molecule has 0 bridgehead atoms. The molecule has 78 valence electrons. The van der Waals surface area contributed by atoms with E-state index in [4.69, 9.17) is 0 Å². The van der Waals surface area contributed by atoms with E-state index in [0.29, 0.717) is 0 Å². The monoisotopic (exact) mass is 201 g/mol. The Morgan fingerprint density at radius 1 is 1.08 bits per heavy atom. The summed E-state index contributed by atoms with van der Waals surface area (Å²) in [7, 11) is 0. The molecule has 2 heteroatoms. The van der Waals surface area contributed by atoms with Gasteiger partial charge in [0.05, 0.1) is 0 Å². The normalized spacial score (nSPS) is 33.7. The van der Waals surface area contributed by atoms with Crippen LogP contribution in [0.4, 0.5) is 0 Å². The molecule has 1 saturated heterocycles. The van der Waals surface area contributed by atoms with Crippen LogP contribution in [0.2, 0.25) is 0 Å². The molecule has 0 N–H and O–H groups in total. The molecule has 1 fully saturated rings. The van der Waals surface area contributed by atoms with Gasteiger partial charge < -0.3 is 0 Å². The summed E-state index contributed by atoms with van der Waals surface area (Å²) in [4.78, 5) is 2.65. The number of hydrogen-bond acceptors (Lipinski definition) is 2. The lowest BCUT2D eigenvalue weighted by atomic mass is 10.0. The van der Waals surface area contributed by atoms with Gasteiger partial charge in [-0.3, -0.25) is 4.90 Å². The molecule has 1 aliphatic heterocycles. The smallest absolute Gasteiger partial charge is 0.0149 e. The van der Waals surface area contributed by atoms with Crippen molar-refractivity contribution in [1.29, 1.82) is 0 Å². The molecule has 3 unspecified atom stereocenters. The third-order valence-corrected chi connectivity index (χ3v) is 4.22. The van der Waals surface area contributed by atoms with Gasteiger partial charge in [-0.1, -0.05) is 27.7 Å². The minimum atomic E-state index is 0.741. The topological polar surface area (TPSA) is 3.24 Å². The number of hydrogen-bond donors (Lipinski definition) is 0. The van der Waals surface area contributed by atoms with Crippen molar-refractivity contribution >= 4 is 11.8 Å². The Morgan fingerprint density at radius 3 is 1.92 bits per heavy atom. The van der Waals surface area contributed by atoms with Crippen molar-refractivity contribution < 1.29 is 0 Å². The van der Waals surface area contributed by atoms with Crippen LogP contribution in [0.1, 0.15) is 34.6 Å². The third kappa shape index (κ3) is 3.17. The third-order valence-electron chi connectivity index (χ3n) is 2.99. The molecule has 1 rings (SSSR count). The van der Waals surface area contributed by atoms with Crippen LogP contribution < -0.4 is 0 Å². The van der Waals surface area contributed by atoms with Gasteiger partial charge in [-0.2, -0.15) is 11.8 Å². The van der Waals surface area contributed by atoms with Crippen LogP contribution in [0, 0.1) is 5.92 Å². The van der Waals surface area contributed by atoms with Crippen LogP contribution in [0.15, 0.2) is 0 Å². The van der Waals surface area contributed by atoms with E-state index in [0.717, 1.165) is 22.5 Å². The molecule has 0 spiro atoms. The number of rotatable bonds is 2. The van der Waals surface area contributed by atoms with Gasteiger partial charge in [0.25, 0.3) is 0 Å². The van der Waals surface area contributed by atoms with E-state index in [2.05, 4.69) is 51.3 Å². The molecule has 1 heterocycles. The molecule has 1 nitrogen and oxygen atoms in total. The Bertz CT molecular complexity index is 148. The van der Waals surface area contributed by atoms with Gasteiger partial charge in [0, 0.05) is 29.6 Å². The van der Waals surface area contributed by atoms with E-state index in [1.165, 1.54) is 13.1 Å². The summed E-state index contributed by atoms with van der Waals surface area (Å²) in [5.41, 5.74) is 0. The maximum Gasteiger partial charge on any atom is 0.0149 e. The Labute approximate surface area is 87.3 Å². The standard InChI is InChI=1S/C11H23NS/c1-8(2)11(5)12-6-9(3)13-10(4)7-12/h8-11H,6-7H2,1-5H3. The average Bonchev–Trinajstić information content (AvgIpc) is 2.01. The average molecular weight is 201 g/mol. The van der Waals surface area contributed by atoms with Crippen molar-refractivity contribution in [2.75, 3.05) is 13.1 Å². The Hall–Kier alpha value is 0.310. The van der Waals surface area contributed by atoms with Gasteiger partial charge in [0.1, 0.15) is 0 Å². The summed E-state index contributed by atoms with van der Waals surface area (Å²) >= 11 is 2.13. The predicted molar refractivity (Wildman–Crippen MR) is 62.4 cm³/mol. The summed E-state index contributed by atoms with van der Waals surface area (Å²) in [6.07, 6.45) is 0. The highest BCUT2D eigenvalue weighted by molar-refractivity contribution is 8.00. The molecule has 3 atom stereocenters. The predicted octanol–water partition coefficient (Wildman–Crippen LogP) is 2.86. The van der Waals surface area contributed by atoms with Gasteiger partial charge in [0.15, 0.2) is 0 Å². The minimum absolute atomic E-state index is 0.741. The lowest BCUT2D eigenvalue weighted by molar-refractivity contribution is 0.166. The van der Waals surface area contributed by atoms with Crippen molar-refractivity contribution in [2.24, 2.45) is 5.92 Å². The summed E-state index contributed by atoms with van der Waals surface area (Å²) in [5, 5.41) is 1.62. The summed E-state index contributed by atoms with van der Waals surface area (Å²) < 4.78 is 0. The van der Waals surface area contributed by atoms with E-state index in [9.17, 15) is 0 Å². The van der Waals surface area contributed by atoms with Crippen LogP contribution in [0.25, 0.3) is 0 Å². The first-order valence-electron chi connectivity index (χ1n) is 5.40. The lowest BCUT2D eigenvalue weighted by Crippen LogP contribution is -2.47. The van der Waals surface area contributed by atoms with Crippen LogP contribution >= 0.6 is 11.8 Å². The maximum absolute atomic E-state index is 2.65. The molecule has 0 saturated carbocycles. The second-order valence-corrected chi connectivity index (χ2v) is 6.58. The highest BCUT2D eigenvalue weighted by Gasteiger charge is 2.26. The zero-order chi connectivity index (χ0) is 10.0. The lowest BCUT2D eigenvalue weighted by Gasteiger charge is -2.40. The molecule has 0 aromatic carbocycles. The highest BCUT2D eigenvalue weighted by Crippen LogP contribution is 2.27. The fourth-order valence-electron chi connectivity index (χ4n) is 1.97. The fourth-order valence-corrected chi connectivity index (χ4v) is 3.32. The Kier molecular flexibility index (Phi) is 4.11. The van der Waals surface area contributed by atoms with Gasteiger partial charge in [-0.05, 0) is 12.8 Å². The quantitative estimate of drug-likeness (QED) is 0.676.